The molecule has 1 aliphatic rings. The van der Waals surface area contributed by atoms with Crippen molar-refractivity contribution in [3.8, 4) is 17.6 Å². The highest BCUT2D eigenvalue weighted by Crippen LogP contribution is 2.31. The van der Waals surface area contributed by atoms with Crippen molar-refractivity contribution in [2.24, 2.45) is 0 Å². The molecule has 6 heteroatoms. The summed E-state index contributed by atoms with van der Waals surface area (Å²) in [4.78, 5) is 12.4. The first kappa shape index (κ1) is 17.6. The van der Waals surface area contributed by atoms with E-state index in [0.29, 0.717) is 27.8 Å². The summed E-state index contributed by atoms with van der Waals surface area (Å²) in [5.74, 6) is 0.871. The van der Waals surface area contributed by atoms with Crippen LogP contribution >= 0.6 is 11.6 Å². The second-order valence-corrected chi connectivity index (χ2v) is 5.92. The maximum absolute atomic E-state index is 12.4. The second-order valence-electron chi connectivity index (χ2n) is 5.52. The number of nitrogens with one attached hydrogen (secondary N) is 1. The Labute approximate surface area is 156 Å². The van der Waals surface area contributed by atoms with E-state index in [1.54, 1.807) is 37.4 Å². The van der Waals surface area contributed by atoms with E-state index in [0.717, 1.165) is 5.56 Å². The van der Waals surface area contributed by atoms with Crippen LogP contribution < -0.4 is 14.8 Å². The minimum Gasteiger partial charge on any atom is -0.497 e. The zero-order valence-corrected chi connectivity index (χ0v) is 14.7. The average molecular weight is 367 g/mol. The summed E-state index contributed by atoms with van der Waals surface area (Å²) in [5, 5.41) is 12.4. The molecule has 0 aliphatic carbocycles. The van der Waals surface area contributed by atoms with Crippen molar-refractivity contribution in [2.45, 2.75) is 0 Å². The number of carbonyl (C=O) groups is 1. The Morgan fingerprint density at radius 2 is 2.15 bits per heavy atom. The van der Waals surface area contributed by atoms with Crippen molar-refractivity contribution in [1.82, 2.24) is 0 Å². The number of benzene rings is 2. The molecule has 2 aromatic rings. The van der Waals surface area contributed by atoms with Crippen LogP contribution in [0.15, 0.2) is 59.7 Å². The molecule has 3 rings (SSSR count). The fourth-order valence-electron chi connectivity index (χ4n) is 2.46. The van der Waals surface area contributed by atoms with E-state index in [9.17, 15) is 10.1 Å². The Hall–Kier alpha value is -3.23. The largest absolute Gasteiger partial charge is 0.497 e. The Bertz CT molecular complexity index is 958. The van der Waals surface area contributed by atoms with Crippen LogP contribution in [-0.2, 0) is 4.79 Å². The number of hydrogen-bond donors (Lipinski definition) is 1. The molecule has 1 amide bonds. The Kier molecular flexibility index (Phi) is 5.26. The maximum atomic E-state index is 12.4. The molecule has 0 aromatic heterocycles. The van der Waals surface area contributed by atoms with Crippen LogP contribution in [0.3, 0.4) is 0 Å². The number of fused-ring (bicyclic) bond motifs is 1. The number of halogens is 1. The molecule has 2 aromatic carbocycles. The zero-order chi connectivity index (χ0) is 18.5. The Morgan fingerprint density at radius 3 is 2.88 bits per heavy atom. The topological polar surface area (TPSA) is 71.3 Å². The van der Waals surface area contributed by atoms with Gasteiger partial charge in [-0.05, 0) is 42.0 Å². The van der Waals surface area contributed by atoms with E-state index < -0.39 is 5.91 Å². The highest BCUT2D eigenvalue weighted by atomic mass is 35.5. The van der Waals surface area contributed by atoms with E-state index in [1.165, 1.54) is 6.08 Å². The van der Waals surface area contributed by atoms with Gasteiger partial charge in [-0.15, -0.1) is 0 Å². The number of nitrogens with zero attached hydrogens (tertiary/aromatic N) is 1. The van der Waals surface area contributed by atoms with Gasteiger partial charge in [0.25, 0.3) is 5.91 Å². The van der Waals surface area contributed by atoms with Crippen molar-refractivity contribution in [1.29, 1.82) is 5.26 Å². The van der Waals surface area contributed by atoms with Crippen LogP contribution in [0.1, 0.15) is 5.56 Å². The quantitative estimate of drug-likeness (QED) is 0.649. The van der Waals surface area contributed by atoms with Crippen molar-refractivity contribution in [3.63, 3.8) is 0 Å². The van der Waals surface area contributed by atoms with Gasteiger partial charge < -0.3 is 14.8 Å². The van der Waals surface area contributed by atoms with E-state index >= 15 is 0 Å². The van der Waals surface area contributed by atoms with E-state index in [-0.39, 0.29) is 12.2 Å². The molecule has 130 valence electrons. The van der Waals surface area contributed by atoms with Crippen LogP contribution in [0.4, 0.5) is 5.69 Å². The monoisotopic (exact) mass is 366 g/mol. The van der Waals surface area contributed by atoms with E-state index in [1.807, 2.05) is 24.3 Å². The van der Waals surface area contributed by atoms with Crippen LogP contribution in [0, 0.1) is 11.3 Å². The molecule has 0 bridgehead atoms. The molecular formula is C20H15ClN2O3. The van der Waals surface area contributed by atoms with Gasteiger partial charge in [0.05, 0.1) is 17.8 Å². The normalized spacial score (nSPS) is 13.0. The molecule has 0 spiro atoms. The van der Waals surface area contributed by atoms with Crippen LogP contribution in [0.5, 0.6) is 11.5 Å². The average Bonchev–Trinajstić information content (AvgIpc) is 2.67. The third kappa shape index (κ3) is 3.88. The number of amides is 1. The first-order valence-electron chi connectivity index (χ1n) is 7.80. The second kappa shape index (κ2) is 7.77. The summed E-state index contributed by atoms with van der Waals surface area (Å²) in [5.41, 5.74) is 1.99. The number of rotatable bonds is 4. The third-order valence-electron chi connectivity index (χ3n) is 3.77. The predicted molar refractivity (Wildman–Crippen MR) is 100 cm³/mol. The molecule has 5 nitrogen and oxygen atoms in total. The van der Waals surface area contributed by atoms with Gasteiger partial charge in [-0.3, -0.25) is 4.79 Å². The number of hydrogen-bond acceptors (Lipinski definition) is 4. The van der Waals surface area contributed by atoms with Gasteiger partial charge in [-0.2, -0.15) is 5.26 Å². The van der Waals surface area contributed by atoms with E-state index in [2.05, 4.69) is 5.32 Å². The van der Waals surface area contributed by atoms with Gasteiger partial charge in [-0.25, -0.2) is 0 Å². The number of methoxy groups -OCH3 is 1. The van der Waals surface area contributed by atoms with Crippen molar-refractivity contribution < 1.29 is 14.3 Å². The standard InChI is InChI=1S/C20H15ClN2O3/c1-25-16-7-6-14-8-13(12-26-19(14)10-16)9-15(11-22)20(24)23-18-5-3-2-4-17(18)21/h2-10H,12H2,1H3,(H,23,24)/b15-9+. The molecule has 0 saturated heterocycles. The lowest BCUT2D eigenvalue weighted by atomic mass is 10.0. The highest BCUT2D eigenvalue weighted by Gasteiger charge is 2.15. The lowest BCUT2D eigenvalue weighted by Crippen LogP contribution is -2.15. The molecule has 1 N–H and O–H groups in total. The zero-order valence-electron chi connectivity index (χ0n) is 14.0. The van der Waals surface area contributed by atoms with Gasteiger partial charge >= 0.3 is 0 Å². The summed E-state index contributed by atoms with van der Waals surface area (Å²) in [7, 11) is 1.59. The van der Waals surface area contributed by atoms with E-state index in [4.69, 9.17) is 21.1 Å². The minimum absolute atomic E-state index is 0.0308. The minimum atomic E-state index is -0.526. The van der Waals surface area contributed by atoms with Crippen LogP contribution in [-0.4, -0.2) is 19.6 Å². The fraction of sp³-hybridized carbons (Fsp3) is 0.100. The van der Waals surface area contributed by atoms with Gasteiger partial charge in [0, 0.05) is 11.6 Å². The van der Waals surface area contributed by atoms with Gasteiger partial charge in [0.2, 0.25) is 0 Å². The molecule has 0 saturated carbocycles. The SMILES string of the molecule is COc1ccc2c(c1)OCC(/C=C(\C#N)C(=O)Nc1ccccc1Cl)=C2. The molecule has 0 radical (unpaired) electrons. The van der Waals surface area contributed by atoms with Crippen LogP contribution in [0.25, 0.3) is 6.08 Å². The number of carbonyl (C=O) groups excluding carboxylic acids is 1. The first-order valence-corrected chi connectivity index (χ1v) is 8.17. The third-order valence-corrected chi connectivity index (χ3v) is 4.10. The molecular weight excluding hydrogens is 352 g/mol. The summed E-state index contributed by atoms with van der Waals surface area (Å²) in [6.07, 6.45) is 3.39. The smallest absolute Gasteiger partial charge is 0.266 e. The summed E-state index contributed by atoms with van der Waals surface area (Å²) >= 11 is 6.03. The molecule has 1 heterocycles. The summed E-state index contributed by atoms with van der Waals surface area (Å²) in [6, 6.07) is 14.2. The van der Waals surface area contributed by atoms with Crippen molar-refractivity contribution >= 4 is 29.3 Å². The van der Waals surface area contributed by atoms with Crippen molar-refractivity contribution in [3.05, 3.63) is 70.3 Å². The van der Waals surface area contributed by atoms with Crippen LogP contribution in [0.2, 0.25) is 5.02 Å². The number of nitriles is 1. The first-order chi connectivity index (χ1) is 12.6. The summed E-state index contributed by atoms with van der Waals surface area (Å²) in [6.45, 7) is 0.255. The molecule has 0 unspecified atom stereocenters. The lowest BCUT2D eigenvalue weighted by molar-refractivity contribution is -0.112. The maximum Gasteiger partial charge on any atom is 0.266 e. The van der Waals surface area contributed by atoms with Crippen molar-refractivity contribution in [2.75, 3.05) is 19.0 Å². The number of para-hydroxylation sites is 1. The van der Waals surface area contributed by atoms with Gasteiger partial charge in [0.1, 0.15) is 29.7 Å². The van der Waals surface area contributed by atoms with Gasteiger partial charge in [0.15, 0.2) is 0 Å². The molecule has 26 heavy (non-hydrogen) atoms. The predicted octanol–water partition coefficient (Wildman–Crippen LogP) is 4.21. The molecule has 1 aliphatic heterocycles. The molecule has 0 fully saturated rings. The van der Waals surface area contributed by atoms with Gasteiger partial charge in [-0.1, -0.05) is 23.7 Å². The fourth-order valence-corrected chi connectivity index (χ4v) is 2.64. The molecule has 0 atom stereocenters. The Morgan fingerprint density at radius 1 is 1.35 bits per heavy atom. The number of ether oxygens (including phenoxy) is 2. The number of anilines is 1. The summed E-state index contributed by atoms with van der Waals surface area (Å²) < 4.78 is 10.9. The lowest BCUT2D eigenvalue weighted by Gasteiger charge is -2.17. The highest BCUT2D eigenvalue weighted by molar-refractivity contribution is 6.34. The Balaban J connectivity index is 1.82.